The number of likely N-dealkylation sites (N-methyl/N-ethyl adjacent to an activating group) is 1. The van der Waals surface area contributed by atoms with Crippen LogP contribution in [0.3, 0.4) is 0 Å². The fraction of sp³-hybridized carbons (Fsp3) is 0.839. The number of phosphoric acid groups is 1. The first kappa shape index (κ1) is 70.0. The van der Waals surface area contributed by atoms with Gasteiger partial charge in [-0.2, -0.15) is 0 Å². The first-order valence-electron chi connectivity index (χ1n) is 30.4. The third-order valence-electron chi connectivity index (χ3n) is 13.3. The Labute approximate surface area is 445 Å². The summed E-state index contributed by atoms with van der Waals surface area (Å²) in [5.41, 5.74) is 0. The molecule has 0 amide bonds. The number of quaternary nitrogens is 1. The Bertz CT molecular complexity index is 1360. The van der Waals surface area contributed by atoms with E-state index in [-0.39, 0.29) is 32.0 Å². The zero-order chi connectivity index (χ0) is 52.7. The fourth-order valence-electron chi connectivity index (χ4n) is 8.61. The molecule has 10 heteroatoms. The maximum atomic E-state index is 12.8. The largest absolute Gasteiger partial charge is 0.472 e. The number of nitrogens with zero attached hydrogens (tertiary/aromatic N) is 1. The lowest BCUT2D eigenvalue weighted by molar-refractivity contribution is -0.870. The van der Waals surface area contributed by atoms with Gasteiger partial charge in [0, 0.05) is 12.8 Å². The van der Waals surface area contributed by atoms with Crippen molar-refractivity contribution < 1.29 is 42.1 Å². The van der Waals surface area contributed by atoms with E-state index in [4.69, 9.17) is 18.5 Å². The van der Waals surface area contributed by atoms with Gasteiger partial charge in [0.2, 0.25) is 0 Å². The maximum absolute atomic E-state index is 12.8. The van der Waals surface area contributed by atoms with Gasteiger partial charge >= 0.3 is 19.8 Å². The van der Waals surface area contributed by atoms with Crippen molar-refractivity contribution in [3.05, 3.63) is 48.6 Å². The number of rotatable bonds is 56. The van der Waals surface area contributed by atoms with Crippen molar-refractivity contribution in [1.82, 2.24) is 0 Å². The Morgan fingerprint density at radius 2 is 0.750 bits per heavy atom. The van der Waals surface area contributed by atoms with Crippen molar-refractivity contribution in [2.75, 3.05) is 47.5 Å². The smallest absolute Gasteiger partial charge is 0.462 e. The van der Waals surface area contributed by atoms with Gasteiger partial charge in [-0.25, -0.2) is 4.57 Å². The Balaban J connectivity index is 4.09. The summed E-state index contributed by atoms with van der Waals surface area (Å²) < 4.78 is 34.6. The summed E-state index contributed by atoms with van der Waals surface area (Å²) in [7, 11) is 1.47. The monoisotopic (exact) mass is 1030 g/mol. The minimum Gasteiger partial charge on any atom is -0.462 e. The quantitative estimate of drug-likeness (QED) is 0.0211. The summed E-state index contributed by atoms with van der Waals surface area (Å²) in [5.74, 6) is -0.802. The third kappa shape index (κ3) is 57.3. The van der Waals surface area contributed by atoms with Crippen LogP contribution in [0.5, 0.6) is 0 Å². The molecule has 0 aliphatic carbocycles. The highest BCUT2D eigenvalue weighted by molar-refractivity contribution is 7.47. The van der Waals surface area contributed by atoms with Gasteiger partial charge in [0.1, 0.15) is 19.8 Å². The third-order valence-corrected chi connectivity index (χ3v) is 14.3. The van der Waals surface area contributed by atoms with Crippen LogP contribution >= 0.6 is 7.82 Å². The molecule has 0 radical (unpaired) electrons. The second-order valence-corrected chi connectivity index (χ2v) is 23.2. The number of hydrogen-bond acceptors (Lipinski definition) is 7. The SMILES string of the molecule is CCCCC/C=C\C/C=C\C/C=C\CCCCCCCCC(=O)OC(COC(=O)CCCCCCCCCCCCCCCCCCC/C=C\CCCCCCCCCC)COP(=O)(O)OCC[N+](C)(C)C. The molecule has 0 aliphatic heterocycles. The molecule has 0 fully saturated rings. The van der Waals surface area contributed by atoms with E-state index in [1.165, 1.54) is 180 Å². The minimum absolute atomic E-state index is 0.0289. The zero-order valence-electron chi connectivity index (χ0n) is 47.9. The first-order valence-corrected chi connectivity index (χ1v) is 31.9. The molecule has 0 saturated heterocycles. The number of allylic oxidation sites excluding steroid dienone is 8. The van der Waals surface area contributed by atoms with E-state index in [9.17, 15) is 19.0 Å². The molecule has 0 heterocycles. The Morgan fingerprint density at radius 1 is 0.431 bits per heavy atom. The van der Waals surface area contributed by atoms with Crippen LogP contribution in [0.1, 0.15) is 284 Å². The molecule has 72 heavy (non-hydrogen) atoms. The van der Waals surface area contributed by atoms with Gasteiger partial charge in [0.15, 0.2) is 6.10 Å². The van der Waals surface area contributed by atoms with Gasteiger partial charge in [-0.05, 0) is 77.0 Å². The molecular weight excluding hydrogens is 918 g/mol. The summed E-state index contributed by atoms with van der Waals surface area (Å²) >= 11 is 0. The number of carbonyl (C=O) groups excluding carboxylic acids is 2. The van der Waals surface area contributed by atoms with Gasteiger partial charge < -0.3 is 18.9 Å². The van der Waals surface area contributed by atoms with Gasteiger partial charge in [-0.15, -0.1) is 0 Å². The van der Waals surface area contributed by atoms with Crippen LogP contribution in [0.4, 0.5) is 0 Å². The number of hydrogen-bond donors (Lipinski definition) is 1. The van der Waals surface area contributed by atoms with Crippen molar-refractivity contribution in [2.45, 2.75) is 290 Å². The van der Waals surface area contributed by atoms with E-state index < -0.39 is 26.5 Å². The van der Waals surface area contributed by atoms with Crippen LogP contribution in [0.2, 0.25) is 0 Å². The predicted molar refractivity (Wildman–Crippen MR) is 307 cm³/mol. The van der Waals surface area contributed by atoms with Crippen LogP contribution in [0, 0.1) is 0 Å². The van der Waals surface area contributed by atoms with E-state index >= 15 is 0 Å². The minimum atomic E-state index is -4.39. The van der Waals surface area contributed by atoms with E-state index in [0.717, 1.165) is 70.6 Å². The highest BCUT2D eigenvalue weighted by Gasteiger charge is 2.27. The highest BCUT2D eigenvalue weighted by atomic mass is 31.2. The lowest BCUT2D eigenvalue weighted by Crippen LogP contribution is -2.37. The average molecular weight is 1040 g/mol. The second-order valence-electron chi connectivity index (χ2n) is 21.7. The van der Waals surface area contributed by atoms with E-state index in [0.29, 0.717) is 17.4 Å². The van der Waals surface area contributed by atoms with Crippen molar-refractivity contribution in [2.24, 2.45) is 0 Å². The standard InChI is InChI=1S/C62H116NO8P/c1-6-8-10-12-14-16-18-20-22-24-26-27-28-29-30-31-32-33-34-35-37-38-40-42-44-46-48-50-52-54-61(64)68-58-60(59-70-72(66,67)69-57-56-63(3,4)5)71-62(65)55-53-51-49-47-45-43-41-39-36-25-23-21-19-17-15-13-11-9-7-2/h15,17,21,23-24,26,36,39,60H,6-14,16,18-20,22,25,27-35,37-38,40-59H2,1-5H3/p+1/b17-15-,23-21-,26-24-,39-36-. The molecule has 0 aromatic heterocycles. The van der Waals surface area contributed by atoms with Crippen molar-refractivity contribution >= 4 is 19.8 Å². The number of esters is 2. The summed E-state index contributed by atoms with van der Waals surface area (Å²) in [4.78, 5) is 35.7. The first-order chi connectivity index (χ1) is 35.0. The molecule has 0 spiro atoms. The molecule has 0 saturated carbocycles. The fourth-order valence-corrected chi connectivity index (χ4v) is 9.35. The lowest BCUT2D eigenvalue weighted by atomic mass is 10.0. The van der Waals surface area contributed by atoms with Crippen LogP contribution in [-0.4, -0.2) is 74.9 Å². The average Bonchev–Trinajstić information content (AvgIpc) is 3.34. The van der Waals surface area contributed by atoms with E-state index in [1.807, 2.05) is 21.1 Å². The topological polar surface area (TPSA) is 108 Å². The zero-order valence-corrected chi connectivity index (χ0v) is 48.8. The molecule has 422 valence electrons. The van der Waals surface area contributed by atoms with Gasteiger partial charge in [-0.3, -0.25) is 18.6 Å². The van der Waals surface area contributed by atoms with Crippen molar-refractivity contribution in [1.29, 1.82) is 0 Å². The lowest BCUT2D eigenvalue weighted by Gasteiger charge is -2.24. The molecule has 0 aromatic rings. The van der Waals surface area contributed by atoms with E-state index in [2.05, 4.69) is 62.5 Å². The second kappa shape index (κ2) is 53.8. The predicted octanol–water partition coefficient (Wildman–Crippen LogP) is 18.9. The van der Waals surface area contributed by atoms with Gasteiger partial charge in [-0.1, -0.05) is 242 Å². The number of unbranched alkanes of at least 4 members (excludes halogenated alkanes) is 34. The van der Waals surface area contributed by atoms with Gasteiger partial charge in [0.05, 0.1) is 27.7 Å². The number of carbonyl (C=O) groups is 2. The Morgan fingerprint density at radius 3 is 1.15 bits per heavy atom. The highest BCUT2D eigenvalue weighted by Crippen LogP contribution is 2.43. The Hall–Kier alpha value is -2.03. The van der Waals surface area contributed by atoms with Crippen LogP contribution in [-0.2, 0) is 32.7 Å². The van der Waals surface area contributed by atoms with Crippen molar-refractivity contribution in [3.63, 3.8) is 0 Å². The summed E-state index contributed by atoms with van der Waals surface area (Å²) in [6.07, 6.45) is 67.6. The molecule has 0 rings (SSSR count). The maximum Gasteiger partial charge on any atom is 0.472 e. The Kier molecular flexibility index (Phi) is 52.3. The molecule has 0 aromatic carbocycles. The summed E-state index contributed by atoms with van der Waals surface area (Å²) in [6, 6.07) is 0. The van der Waals surface area contributed by atoms with Crippen molar-refractivity contribution in [3.8, 4) is 0 Å². The van der Waals surface area contributed by atoms with E-state index in [1.54, 1.807) is 0 Å². The summed E-state index contributed by atoms with van der Waals surface area (Å²) in [5, 5.41) is 0. The van der Waals surface area contributed by atoms with Crippen LogP contribution in [0.25, 0.3) is 0 Å². The normalized spacial score (nSPS) is 13.6. The van der Waals surface area contributed by atoms with Crippen LogP contribution in [0.15, 0.2) is 48.6 Å². The molecule has 1 N–H and O–H groups in total. The summed E-state index contributed by atoms with van der Waals surface area (Å²) in [6.45, 7) is 4.42. The number of ether oxygens (including phenoxy) is 2. The molecular formula is C62H117NO8P+. The van der Waals surface area contributed by atoms with Gasteiger partial charge in [0.25, 0.3) is 0 Å². The molecule has 2 unspecified atom stereocenters. The van der Waals surface area contributed by atoms with Crippen LogP contribution < -0.4 is 0 Å². The number of phosphoric ester groups is 1. The molecule has 0 aliphatic rings. The molecule has 2 atom stereocenters. The molecule has 0 bridgehead atoms. The molecule has 9 nitrogen and oxygen atoms in total.